The van der Waals surface area contributed by atoms with Gasteiger partial charge in [0.15, 0.2) is 65.9 Å². The molecule has 0 aliphatic carbocycles. The van der Waals surface area contributed by atoms with E-state index in [1.807, 2.05) is 12.1 Å². The highest BCUT2D eigenvalue weighted by Gasteiger charge is 2.51. The summed E-state index contributed by atoms with van der Waals surface area (Å²) in [4.78, 5) is 55.6. The Kier molecular flexibility index (Phi) is 16.2. The topological polar surface area (TPSA) is 273 Å². The van der Waals surface area contributed by atoms with Gasteiger partial charge < -0.3 is 38.2 Å². The summed E-state index contributed by atoms with van der Waals surface area (Å²) >= 11 is 11.4. The maximum absolute atomic E-state index is 17.0. The number of anilines is 2. The van der Waals surface area contributed by atoms with Gasteiger partial charge in [-0.2, -0.15) is 10.5 Å². The first-order valence-corrected chi connectivity index (χ1v) is 26.0. The Hall–Kier alpha value is -5.99. The second-order valence-electron chi connectivity index (χ2n) is 14.9. The Labute approximate surface area is 402 Å². The average molecular weight is 1020 g/mol. The number of amides is 2. The second kappa shape index (κ2) is 22.6. The van der Waals surface area contributed by atoms with Gasteiger partial charge in [-0.25, -0.2) is 43.8 Å². The summed E-state index contributed by atoms with van der Waals surface area (Å²) in [6.45, 7) is -1.13. The fourth-order valence-electron chi connectivity index (χ4n) is 7.35. The first-order valence-electron chi connectivity index (χ1n) is 20.9. The van der Waals surface area contributed by atoms with E-state index in [2.05, 4.69) is 57.3 Å². The van der Waals surface area contributed by atoms with E-state index in [1.165, 1.54) is 34.4 Å². The van der Waals surface area contributed by atoms with E-state index in [1.54, 1.807) is 60.7 Å². The van der Waals surface area contributed by atoms with Crippen LogP contribution in [0.25, 0.3) is 22.3 Å². The molecule has 2 aliphatic heterocycles. The summed E-state index contributed by atoms with van der Waals surface area (Å²) < 4.78 is 72.9. The zero-order valence-corrected chi connectivity index (χ0v) is 39.4. The summed E-state index contributed by atoms with van der Waals surface area (Å²) in [5.41, 5.74) is 1.24. The maximum Gasteiger partial charge on any atom is 0.261 e. The molecule has 0 saturated carbocycles. The van der Waals surface area contributed by atoms with Crippen LogP contribution in [0.5, 0.6) is 0 Å². The highest BCUT2D eigenvalue weighted by molar-refractivity contribution is 8.09. The summed E-state index contributed by atoms with van der Waals surface area (Å²) in [5.74, 6) is -0.791. The number of fused-ring (bicyclic) bond motifs is 2. The molecule has 8 rings (SSSR count). The Bertz CT molecular complexity index is 2970. The maximum atomic E-state index is 17.0. The molecule has 69 heavy (non-hydrogen) atoms. The molecule has 0 bridgehead atoms. The van der Waals surface area contributed by atoms with Crippen LogP contribution in [0.2, 0.25) is 0 Å². The van der Waals surface area contributed by atoms with E-state index >= 15 is 8.78 Å². The zero-order chi connectivity index (χ0) is 48.5. The molecule has 0 spiro atoms. The van der Waals surface area contributed by atoms with Crippen LogP contribution in [0.4, 0.5) is 20.4 Å². The lowest BCUT2D eigenvalue weighted by Crippen LogP contribution is -2.39. The molecule has 3 N–H and O–H groups in total. The molecule has 2 fully saturated rings. The van der Waals surface area contributed by atoms with Crippen molar-refractivity contribution in [2.45, 2.75) is 62.1 Å². The molecule has 22 nitrogen and oxygen atoms in total. The van der Waals surface area contributed by atoms with Crippen LogP contribution in [0.3, 0.4) is 0 Å². The Morgan fingerprint density at radius 2 is 1.32 bits per heavy atom. The van der Waals surface area contributed by atoms with Crippen molar-refractivity contribution in [2.75, 3.05) is 36.9 Å². The normalized spacial score (nSPS) is 23.5. The fourth-order valence-corrected chi connectivity index (χ4v) is 11.1. The number of nitrogens with zero attached hydrogens (tertiary/aromatic N) is 11. The van der Waals surface area contributed by atoms with E-state index in [0.717, 1.165) is 0 Å². The predicted molar refractivity (Wildman–Crippen MR) is 252 cm³/mol. The van der Waals surface area contributed by atoms with Crippen LogP contribution >= 0.6 is 13.8 Å². The minimum absolute atomic E-state index is 0.00860. The van der Waals surface area contributed by atoms with Gasteiger partial charge in [0.25, 0.3) is 18.5 Å². The van der Waals surface area contributed by atoms with Crippen LogP contribution in [-0.2, 0) is 51.2 Å². The number of halogens is 2. The number of nitrogens with one attached hydrogen (secondary N) is 3. The molecule has 0 radical (unpaired) electrons. The van der Waals surface area contributed by atoms with Crippen LogP contribution in [0, 0.1) is 22.7 Å². The van der Waals surface area contributed by atoms with Gasteiger partial charge in [0.2, 0.25) is 0 Å². The minimum atomic E-state index is -3.89. The van der Waals surface area contributed by atoms with E-state index in [-0.39, 0.29) is 73.1 Å². The first kappa shape index (κ1) is 49.4. The van der Waals surface area contributed by atoms with Crippen molar-refractivity contribution in [2.24, 2.45) is 4.99 Å². The number of nitriles is 2. The first-order chi connectivity index (χ1) is 33.5. The van der Waals surface area contributed by atoms with Gasteiger partial charge >= 0.3 is 0 Å². The van der Waals surface area contributed by atoms with E-state index in [0.29, 0.717) is 11.1 Å². The SMILES string of the molecule is C=NC[C@H]1O[C@@H](n2cnc3c(NC(=O)c4ccccc4)ncnc32)[C@H](F)[C@@H]1OP(=S)(NC[C@H]1O[C@@H](n2cnc3c(NC(=O)c4ccccc4)ncnc32)[C@H](F)[C@@H]1O[PH](=S)OCCC#N)OCCC#N. The summed E-state index contributed by atoms with van der Waals surface area (Å²) in [5, 5.41) is 26.8. The number of ether oxygens (including phenoxy) is 2. The predicted octanol–water partition coefficient (Wildman–Crippen LogP) is 5.29. The molecule has 10 atom stereocenters. The fraction of sp³-hybridized carbons (Fsp3) is 0.341. The van der Waals surface area contributed by atoms with E-state index in [9.17, 15) is 14.9 Å². The van der Waals surface area contributed by atoms with Crippen LogP contribution in [0.15, 0.2) is 91.0 Å². The Morgan fingerprint density at radius 1 is 0.797 bits per heavy atom. The van der Waals surface area contributed by atoms with Gasteiger partial charge in [-0.05, 0) is 54.6 Å². The molecule has 6 heterocycles. The van der Waals surface area contributed by atoms with Crippen molar-refractivity contribution in [3.63, 3.8) is 0 Å². The summed E-state index contributed by atoms with van der Waals surface area (Å²) in [6, 6.07) is 20.8. The van der Waals surface area contributed by atoms with Crippen molar-refractivity contribution in [3.8, 4) is 12.1 Å². The molecule has 2 aliphatic rings. The molecule has 2 amide bonds. The lowest BCUT2D eigenvalue weighted by Gasteiger charge is -2.30. The van der Waals surface area contributed by atoms with Gasteiger partial charge in [0, 0.05) is 17.7 Å². The monoisotopic (exact) mass is 1020 g/mol. The van der Waals surface area contributed by atoms with E-state index in [4.69, 9.17) is 56.4 Å². The third kappa shape index (κ3) is 11.2. The molecular formula is C41H40F2N14O8P2S2. The Balaban J connectivity index is 1.03. The smallest absolute Gasteiger partial charge is 0.261 e. The van der Waals surface area contributed by atoms with Gasteiger partial charge in [0.05, 0.1) is 57.4 Å². The Morgan fingerprint density at radius 3 is 1.86 bits per heavy atom. The summed E-state index contributed by atoms with van der Waals surface area (Å²) in [6.07, 6.45) is -7.25. The number of hydrogen-bond donors (Lipinski definition) is 3. The van der Waals surface area contributed by atoms with Gasteiger partial charge in [-0.3, -0.25) is 23.7 Å². The lowest BCUT2D eigenvalue weighted by molar-refractivity contribution is -0.0198. The molecule has 2 saturated heterocycles. The number of alkyl halides is 2. The average Bonchev–Trinajstić information content (AvgIpc) is 4.13. The third-order valence-corrected chi connectivity index (χ3v) is 14.7. The highest BCUT2D eigenvalue weighted by Crippen LogP contribution is 2.51. The van der Waals surface area contributed by atoms with Crippen molar-refractivity contribution in [1.29, 1.82) is 10.5 Å². The summed E-state index contributed by atoms with van der Waals surface area (Å²) in [7, 11) is -2.61. The molecule has 358 valence electrons. The van der Waals surface area contributed by atoms with Crippen molar-refractivity contribution >= 4 is 89.9 Å². The number of carbonyl (C=O) groups excluding carboxylic acids is 2. The van der Waals surface area contributed by atoms with Crippen LogP contribution in [-0.4, -0.2) is 121 Å². The molecule has 6 aromatic rings. The van der Waals surface area contributed by atoms with E-state index < -0.39 is 74.8 Å². The number of benzene rings is 2. The second-order valence-corrected chi connectivity index (χ2v) is 20.2. The van der Waals surface area contributed by atoms with Crippen LogP contribution < -0.4 is 15.7 Å². The molecular weight excluding hydrogens is 981 g/mol. The van der Waals surface area contributed by atoms with Crippen molar-refractivity contribution in [3.05, 3.63) is 97.1 Å². The number of aromatic nitrogens is 8. The van der Waals surface area contributed by atoms with Crippen molar-refractivity contribution < 1.29 is 45.9 Å². The highest BCUT2D eigenvalue weighted by atomic mass is 32.5. The molecule has 4 aromatic heterocycles. The van der Waals surface area contributed by atoms with Crippen LogP contribution in [0.1, 0.15) is 46.0 Å². The number of imidazole rings is 2. The standard InChI is InChI=1S/C41H40F2N14O8P2S2/c1-46-18-26-33(29(43)41(62-26)57-23-52-31-35(48-21-50-37(31)57)55-39(59)25-12-6-3-7-13-25)65-67(69,61-17-9-15-45)53-19-27-32(64-66(68)60-16-8-14-44)28(42)40(63-27)56-22-51-30-34(47-20-49-36(30)56)54-38(58)24-10-4-2-5-11-24/h2-7,10-13,20-23,26-29,32-33,40-41,66H,1,8-9,16-19H2,(H,53,69)(H,47,49,54,58)(H,48,50,55,59)/t26-,27-,28-,29-,32-,33-,40-,41-,67?/m1/s1. The largest absolute Gasteiger partial charge is 0.347 e. The third-order valence-electron chi connectivity index (χ3n) is 10.5. The lowest BCUT2D eigenvalue weighted by atomic mass is 10.1. The number of rotatable bonds is 21. The molecule has 2 aromatic carbocycles. The molecule has 28 heteroatoms. The molecule has 2 unspecified atom stereocenters. The van der Waals surface area contributed by atoms with Gasteiger partial charge in [0.1, 0.15) is 37.1 Å². The van der Waals surface area contributed by atoms with Gasteiger partial charge in [-0.15, -0.1) is 0 Å². The minimum Gasteiger partial charge on any atom is -0.347 e. The van der Waals surface area contributed by atoms with Gasteiger partial charge in [-0.1, -0.05) is 36.4 Å². The number of hydrogen-bond acceptors (Lipinski definition) is 19. The van der Waals surface area contributed by atoms with Crippen molar-refractivity contribution in [1.82, 2.24) is 44.1 Å². The zero-order valence-electron chi connectivity index (χ0n) is 35.9. The quantitative estimate of drug-likeness (QED) is 0.0469. The number of aliphatic imine (C=N–C) groups is 1. The number of carbonyl (C=O) groups is 2.